The molecule has 0 unspecified atom stereocenters. The molecule has 0 aliphatic heterocycles. The molecule has 0 saturated heterocycles. The number of rotatable bonds is 0. The zero-order valence-electron chi connectivity index (χ0n) is 1.06. The fourth-order valence-electron chi connectivity index (χ4n) is 0. The van der Waals surface area contributed by atoms with Gasteiger partial charge in [-0.3, -0.25) is 0 Å². The van der Waals surface area contributed by atoms with Gasteiger partial charge in [0.25, 0.3) is 0 Å². The third-order valence-electron chi connectivity index (χ3n) is 0. The second-order valence-corrected chi connectivity index (χ2v) is 0.178. The molecular formula is HCuF2Li. The predicted octanol–water partition coefficient (Wildman–Crippen LogP) is 0.189. The molecule has 0 aromatic rings. The van der Waals surface area contributed by atoms with Gasteiger partial charge in [0, 0.05) is 0 Å². The van der Waals surface area contributed by atoms with Gasteiger partial charge in [0.1, 0.15) is 0 Å². The number of hydrogen-bond acceptors (Lipinski definition) is 0. The van der Waals surface area contributed by atoms with Crippen molar-refractivity contribution in [3.8, 4) is 0 Å². The Morgan fingerprint density at radius 2 is 1.25 bits per heavy atom. The maximum absolute atomic E-state index is 9.53. The molecule has 0 nitrogen and oxygen atoms in total. The quantitative estimate of drug-likeness (QED) is 0.390. The van der Waals surface area contributed by atoms with Crippen molar-refractivity contribution in [3.63, 3.8) is 0 Å². The SMILES string of the molecule is [F][Cu][F].[LiH]. The number of halogens is 2. The second-order valence-electron chi connectivity index (χ2n) is 0.0431. The van der Waals surface area contributed by atoms with Gasteiger partial charge in [-0.05, 0) is 0 Å². The van der Waals surface area contributed by atoms with E-state index in [0.29, 0.717) is 0 Å². The molecule has 0 aliphatic carbocycles. The first-order valence-corrected chi connectivity index (χ1v) is 0.940. The first-order chi connectivity index (χ1) is 1.41. The standard InChI is InChI=1S/Cu.2FH.Li.H/h;2*1H;;/q+2;;;;/p-2. The molecule has 0 spiro atoms. The van der Waals surface area contributed by atoms with Gasteiger partial charge in [-0.15, -0.1) is 0 Å². The molecule has 0 atom stereocenters. The van der Waals surface area contributed by atoms with Crippen molar-refractivity contribution >= 4 is 18.9 Å². The summed E-state index contributed by atoms with van der Waals surface area (Å²) in [4.78, 5) is 0. The first-order valence-electron chi connectivity index (χ1n) is 0.228. The van der Waals surface area contributed by atoms with Gasteiger partial charge < -0.3 is 0 Å². The molecule has 27 valence electrons. The van der Waals surface area contributed by atoms with Crippen LogP contribution >= 0.6 is 0 Å². The van der Waals surface area contributed by atoms with Gasteiger partial charge >= 0.3 is 41.8 Å². The first kappa shape index (κ1) is 8.88. The molecule has 0 aromatic heterocycles. The van der Waals surface area contributed by atoms with E-state index in [1.165, 1.54) is 0 Å². The van der Waals surface area contributed by atoms with Crippen LogP contribution in [0.4, 0.5) is 7.10 Å². The van der Waals surface area contributed by atoms with E-state index in [-0.39, 0.29) is 18.9 Å². The molecule has 0 N–H and O–H groups in total. The van der Waals surface area contributed by atoms with E-state index in [2.05, 4.69) is 0 Å². The average Bonchev–Trinajstić information content (AvgIpc) is 0.918. The zero-order valence-corrected chi connectivity index (χ0v) is 2.00. The van der Waals surface area contributed by atoms with Gasteiger partial charge in [-0.1, -0.05) is 0 Å². The van der Waals surface area contributed by atoms with Crippen molar-refractivity contribution in [1.82, 2.24) is 0 Å². The summed E-state index contributed by atoms with van der Waals surface area (Å²) >= 11 is -1.19. The summed E-state index contributed by atoms with van der Waals surface area (Å²) in [7, 11) is 0. The van der Waals surface area contributed by atoms with Gasteiger partial charge in [0.15, 0.2) is 0 Å². The second kappa shape index (κ2) is 9.02. The maximum atomic E-state index is 9.53. The normalized spacial score (nSPS) is 5.50. The van der Waals surface area contributed by atoms with Crippen molar-refractivity contribution in [2.45, 2.75) is 0 Å². The summed E-state index contributed by atoms with van der Waals surface area (Å²) in [6.07, 6.45) is 0. The van der Waals surface area contributed by atoms with E-state index in [9.17, 15) is 7.10 Å². The minimum atomic E-state index is -1.19. The van der Waals surface area contributed by atoms with Crippen LogP contribution in [0, 0.1) is 0 Å². The minimum absolute atomic E-state index is 0. The van der Waals surface area contributed by atoms with Gasteiger partial charge in [0.05, 0.1) is 0 Å². The van der Waals surface area contributed by atoms with Crippen LogP contribution in [0.15, 0.2) is 0 Å². The summed E-state index contributed by atoms with van der Waals surface area (Å²) in [6.45, 7) is 0. The average molecular weight is 109 g/mol. The molecule has 0 fully saturated rings. The van der Waals surface area contributed by atoms with Gasteiger partial charge in [0.2, 0.25) is 0 Å². The number of hydrogen-bond donors (Lipinski definition) is 0. The Balaban J connectivity index is 0. The fraction of sp³-hybridized carbons (Fsp3) is 0. The van der Waals surface area contributed by atoms with Crippen molar-refractivity contribution < 1.29 is 23.0 Å². The molecule has 0 aliphatic rings. The molecular weight excluding hydrogens is 108 g/mol. The fourth-order valence-corrected chi connectivity index (χ4v) is 0. The summed E-state index contributed by atoms with van der Waals surface area (Å²) in [5.41, 5.74) is 0. The van der Waals surface area contributed by atoms with Crippen LogP contribution in [0.5, 0.6) is 0 Å². The molecule has 0 radical (unpaired) electrons. The van der Waals surface area contributed by atoms with Crippen LogP contribution in [-0.4, -0.2) is 18.9 Å². The topological polar surface area (TPSA) is 0 Å². The van der Waals surface area contributed by atoms with Crippen LogP contribution in [0.25, 0.3) is 0 Å². The van der Waals surface area contributed by atoms with Crippen LogP contribution in [0.1, 0.15) is 0 Å². The monoisotopic (exact) mass is 109 g/mol. The van der Waals surface area contributed by atoms with E-state index in [1.54, 1.807) is 0 Å². The Morgan fingerprint density at radius 3 is 1.25 bits per heavy atom. The molecule has 0 aromatic carbocycles. The summed E-state index contributed by atoms with van der Waals surface area (Å²) in [5.74, 6) is 0. The van der Waals surface area contributed by atoms with E-state index in [4.69, 9.17) is 0 Å². The van der Waals surface area contributed by atoms with E-state index in [1.807, 2.05) is 0 Å². The molecule has 4 heavy (non-hydrogen) atoms. The van der Waals surface area contributed by atoms with Crippen LogP contribution in [0.2, 0.25) is 0 Å². The molecule has 0 saturated carbocycles. The van der Waals surface area contributed by atoms with Crippen LogP contribution in [0.3, 0.4) is 0 Å². The molecule has 4 heteroatoms. The van der Waals surface area contributed by atoms with Crippen molar-refractivity contribution in [2.75, 3.05) is 0 Å². The molecule has 0 amide bonds. The Bertz CT molecular complexity index is 6.00. The van der Waals surface area contributed by atoms with E-state index < -0.39 is 15.9 Å². The molecule has 0 bridgehead atoms. The van der Waals surface area contributed by atoms with Gasteiger partial charge in [-0.25, -0.2) is 0 Å². The summed E-state index contributed by atoms with van der Waals surface area (Å²) in [5, 5.41) is 0. The summed E-state index contributed by atoms with van der Waals surface area (Å²) in [6, 6.07) is 0. The van der Waals surface area contributed by atoms with Crippen molar-refractivity contribution in [2.24, 2.45) is 0 Å². The van der Waals surface area contributed by atoms with Crippen molar-refractivity contribution in [3.05, 3.63) is 0 Å². The van der Waals surface area contributed by atoms with Crippen LogP contribution < -0.4 is 0 Å². The zero-order chi connectivity index (χ0) is 2.71. The Labute approximate surface area is 42.2 Å². The Hall–Kier alpha value is 0.977. The third-order valence-corrected chi connectivity index (χ3v) is 0. The molecule has 0 rings (SSSR count). The van der Waals surface area contributed by atoms with E-state index >= 15 is 0 Å². The van der Waals surface area contributed by atoms with Crippen LogP contribution in [-0.2, 0) is 15.9 Å². The Morgan fingerprint density at radius 1 is 1.25 bits per heavy atom. The van der Waals surface area contributed by atoms with Crippen molar-refractivity contribution in [1.29, 1.82) is 0 Å². The Kier molecular flexibility index (Phi) is 20.0. The molecule has 0 heterocycles. The van der Waals surface area contributed by atoms with Gasteiger partial charge in [-0.2, -0.15) is 0 Å². The third kappa shape index (κ3) is 12.2. The van der Waals surface area contributed by atoms with E-state index in [0.717, 1.165) is 0 Å². The predicted molar refractivity (Wildman–Crippen MR) is 9.37 cm³/mol. The summed E-state index contributed by atoms with van der Waals surface area (Å²) < 4.78 is 19.1.